The number of benzene rings is 1. The van der Waals surface area contributed by atoms with E-state index >= 15 is 0 Å². The fraction of sp³-hybridized carbons (Fsp3) is 0.583. The van der Waals surface area contributed by atoms with Gasteiger partial charge in [-0.25, -0.2) is 0 Å². The van der Waals surface area contributed by atoms with Gasteiger partial charge in [-0.1, -0.05) is 43.6 Å². The summed E-state index contributed by atoms with van der Waals surface area (Å²) >= 11 is 8.84. The Hall–Kier alpha value is -5.54. The number of halogens is 1. The molecule has 19 nitrogen and oxygen atoms in total. The fourth-order valence-corrected chi connectivity index (χ4v) is 10.3. The third-order valence-corrected chi connectivity index (χ3v) is 14.3. The molecule has 11 N–H and O–H groups in total. The first-order valence-electron chi connectivity index (χ1n) is 23.8. The molecule has 0 bridgehead atoms. The molecule has 7 amide bonds. The van der Waals surface area contributed by atoms with Crippen molar-refractivity contribution in [2.24, 2.45) is 39.9 Å². The number of hydrogen-bond donors (Lipinski definition) is 8. The topological polar surface area (TPSA) is 307 Å². The van der Waals surface area contributed by atoms with E-state index in [1.807, 2.05) is 11.4 Å². The number of carbonyl (C=O) groups excluding carboxylic acids is 9. The second-order valence-electron chi connectivity index (χ2n) is 18.5. The molecule has 2 aliphatic heterocycles. The second kappa shape index (κ2) is 28.3. The summed E-state index contributed by atoms with van der Waals surface area (Å²) in [5, 5.41) is 16.2. The van der Waals surface area contributed by atoms with Crippen LogP contribution in [0.3, 0.4) is 0 Å². The second-order valence-corrected chi connectivity index (χ2v) is 21.1. The summed E-state index contributed by atoms with van der Waals surface area (Å²) in [7, 11) is 0. The highest BCUT2D eigenvalue weighted by Gasteiger charge is 2.41. The van der Waals surface area contributed by atoms with Crippen LogP contribution in [0.1, 0.15) is 95.9 Å². The number of nitrogens with one attached hydrogen (secondary N) is 5. The first-order valence-corrected chi connectivity index (χ1v) is 26.2. The lowest BCUT2D eigenvalue weighted by atomic mass is 9.91. The monoisotopic (exact) mass is 1030 g/mol. The predicted octanol–water partition coefficient (Wildman–Crippen LogP) is 1.90. The molecular formula is C48H69ClN10O9S2. The molecule has 2 fully saturated rings. The summed E-state index contributed by atoms with van der Waals surface area (Å²) < 4.78 is 0. The van der Waals surface area contributed by atoms with Crippen LogP contribution < -0.4 is 43.8 Å². The Kier molecular flexibility index (Phi) is 23.1. The molecule has 0 saturated carbocycles. The minimum absolute atomic E-state index is 0.0724. The molecule has 2 aliphatic rings. The molecule has 2 saturated heterocycles. The minimum atomic E-state index is -1.49. The zero-order chi connectivity index (χ0) is 51.5. The zero-order valence-electron chi connectivity index (χ0n) is 40.3. The third kappa shape index (κ3) is 18.7. The maximum Gasteiger partial charge on any atom is 0.243 e. The SMILES string of the molecule is CC(C)NC(=O)[C@@H](CCCN=C(N)N)NC(=O)[C@@H]1CCCN1C(=O)[C@@H]1CSCCCC(=O)C[C@@H](Cc2ccc(Cl)cc2)C(=O)N[C@@H](Cc2cccs2)C(=O)N[C@@H](C(C)C)C(=O)N[C@@H](CC(N)=O)C(=O)C1. The number of guanidine groups is 1. The lowest BCUT2D eigenvalue weighted by Gasteiger charge is -2.30. The van der Waals surface area contributed by atoms with E-state index < -0.39 is 108 Å². The van der Waals surface area contributed by atoms with Crippen molar-refractivity contribution in [3.63, 3.8) is 0 Å². The Morgan fingerprint density at radius 3 is 2.23 bits per heavy atom. The molecule has 0 radical (unpaired) electrons. The largest absolute Gasteiger partial charge is 0.370 e. The molecule has 1 aromatic heterocycles. The van der Waals surface area contributed by atoms with Gasteiger partial charge in [-0.2, -0.15) is 11.8 Å². The molecule has 0 aliphatic carbocycles. The number of amides is 7. The van der Waals surface area contributed by atoms with E-state index in [9.17, 15) is 43.2 Å². The number of Topliss-reactive ketones (excluding diaryl/α,β-unsaturated/α-hetero) is 2. The van der Waals surface area contributed by atoms with Crippen LogP contribution in [0.25, 0.3) is 0 Å². The van der Waals surface area contributed by atoms with Crippen molar-refractivity contribution in [2.45, 2.75) is 135 Å². The van der Waals surface area contributed by atoms with E-state index in [2.05, 4.69) is 31.6 Å². The number of ketones is 2. The van der Waals surface area contributed by atoms with E-state index in [1.54, 1.807) is 58.0 Å². The van der Waals surface area contributed by atoms with Gasteiger partial charge in [-0.15, -0.1) is 11.3 Å². The Morgan fingerprint density at radius 2 is 1.59 bits per heavy atom. The van der Waals surface area contributed by atoms with Crippen molar-refractivity contribution in [3.8, 4) is 0 Å². The highest BCUT2D eigenvalue weighted by molar-refractivity contribution is 7.99. The maximum atomic E-state index is 14.6. The van der Waals surface area contributed by atoms with Crippen LogP contribution in [0.2, 0.25) is 5.02 Å². The van der Waals surface area contributed by atoms with Gasteiger partial charge in [0.05, 0.1) is 18.4 Å². The number of aliphatic imine (C=N–C) groups is 1. The average molecular weight is 1030 g/mol. The normalized spacial score (nSPS) is 22.9. The fourth-order valence-electron chi connectivity index (χ4n) is 8.33. The number of nitrogens with two attached hydrogens (primary N) is 3. The summed E-state index contributed by atoms with van der Waals surface area (Å²) in [5.41, 5.74) is 17.3. The molecule has 0 unspecified atom stereocenters. The number of carbonyl (C=O) groups is 9. The van der Waals surface area contributed by atoms with Gasteiger partial charge in [0, 0.05) is 66.4 Å². The average Bonchev–Trinajstić information content (AvgIpc) is 4.01. The van der Waals surface area contributed by atoms with Crippen LogP contribution in [0, 0.1) is 17.8 Å². The van der Waals surface area contributed by atoms with Gasteiger partial charge in [0.15, 0.2) is 11.7 Å². The highest BCUT2D eigenvalue weighted by atomic mass is 35.5. The lowest BCUT2D eigenvalue weighted by Crippen LogP contribution is -2.58. The number of hydrogen-bond acceptors (Lipinski definition) is 12. The van der Waals surface area contributed by atoms with E-state index in [0.29, 0.717) is 30.0 Å². The predicted molar refractivity (Wildman–Crippen MR) is 270 cm³/mol. The first-order chi connectivity index (χ1) is 33.2. The van der Waals surface area contributed by atoms with Gasteiger partial charge < -0.3 is 48.7 Å². The first kappa shape index (κ1) is 57.0. The molecule has 2 aromatic rings. The summed E-state index contributed by atoms with van der Waals surface area (Å²) in [6.45, 7) is 7.33. The van der Waals surface area contributed by atoms with Crippen molar-refractivity contribution < 1.29 is 43.2 Å². The van der Waals surface area contributed by atoms with Crippen LogP contribution in [-0.4, -0.2) is 125 Å². The van der Waals surface area contributed by atoms with Gasteiger partial charge in [0.1, 0.15) is 30.0 Å². The summed E-state index contributed by atoms with van der Waals surface area (Å²) in [6, 6.07) is 4.44. The van der Waals surface area contributed by atoms with Crippen LogP contribution >= 0.6 is 34.7 Å². The van der Waals surface area contributed by atoms with Crippen molar-refractivity contribution in [1.82, 2.24) is 31.5 Å². The molecule has 3 heterocycles. The summed E-state index contributed by atoms with van der Waals surface area (Å²) in [6.07, 6.45) is 0.857. The van der Waals surface area contributed by atoms with Gasteiger partial charge in [-0.3, -0.25) is 48.1 Å². The number of nitrogens with zero attached hydrogens (tertiary/aromatic N) is 2. The van der Waals surface area contributed by atoms with E-state index in [4.69, 9.17) is 28.8 Å². The Balaban J connectivity index is 1.65. The van der Waals surface area contributed by atoms with Crippen LogP contribution in [0.4, 0.5) is 0 Å². The van der Waals surface area contributed by atoms with E-state index in [1.165, 1.54) is 28.0 Å². The molecule has 384 valence electrons. The number of rotatable bonds is 16. The number of thiophene rings is 1. The van der Waals surface area contributed by atoms with Crippen molar-refractivity contribution in [1.29, 1.82) is 0 Å². The van der Waals surface area contributed by atoms with Gasteiger partial charge in [-0.05, 0) is 93.2 Å². The molecule has 22 heteroatoms. The lowest BCUT2D eigenvalue weighted by molar-refractivity contribution is -0.143. The van der Waals surface area contributed by atoms with Gasteiger partial charge in [0.25, 0.3) is 0 Å². The molecule has 4 rings (SSSR count). The number of likely N-dealkylation sites (tertiary alicyclic amines) is 1. The molecule has 70 heavy (non-hydrogen) atoms. The van der Waals surface area contributed by atoms with Crippen molar-refractivity contribution >= 4 is 93.6 Å². The zero-order valence-corrected chi connectivity index (χ0v) is 42.7. The number of primary amides is 1. The van der Waals surface area contributed by atoms with Crippen molar-refractivity contribution in [2.75, 3.05) is 24.6 Å². The van der Waals surface area contributed by atoms with Gasteiger partial charge >= 0.3 is 0 Å². The highest BCUT2D eigenvalue weighted by Crippen LogP contribution is 2.26. The van der Waals surface area contributed by atoms with Crippen LogP contribution in [-0.2, 0) is 56.0 Å². The van der Waals surface area contributed by atoms with E-state index in [0.717, 1.165) is 10.4 Å². The molecular weight excluding hydrogens is 960 g/mol. The Labute approximate surface area is 422 Å². The third-order valence-electron chi connectivity index (χ3n) is 11.9. The Morgan fingerprint density at radius 1 is 0.871 bits per heavy atom. The summed E-state index contributed by atoms with van der Waals surface area (Å²) in [4.78, 5) is 131. The van der Waals surface area contributed by atoms with Crippen LogP contribution in [0.15, 0.2) is 46.8 Å². The molecule has 1 aromatic carbocycles. The smallest absolute Gasteiger partial charge is 0.243 e. The molecule has 7 atom stereocenters. The quantitative estimate of drug-likeness (QED) is 0.0680. The minimum Gasteiger partial charge on any atom is -0.370 e. The summed E-state index contributed by atoms with van der Waals surface area (Å²) in [5.74, 6) is -7.41. The van der Waals surface area contributed by atoms with Gasteiger partial charge in [0.2, 0.25) is 41.4 Å². The van der Waals surface area contributed by atoms with E-state index in [-0.39, 0.29) is 75.2 Å². The van der Waals surface area contributed by atoms with Crippen LogP contribution in [0.5, 0.6) is 0 Å². The maximum absolute atomic E-state index is 14.6. The standard InChI is InChI=1S/C48H69ClN10O9S2/c1-27(2)41-46(67)56-36(25-40(50)62)39(61)23-31(47(68)59-18-6-12-38(59)45(66)55-35(43(64)54-28(3)4)11-5-17-53-48(51)52)26-69-19-7-9-33(60)22-30(21-29-13-15-32(49)16-14-29)42(63)57-37(44(65)58-41)24-34-10-8-20-70-34/h8,10,13-16,20,27-28,30-31,35-38,41H,5-7,9,11-12,17-19,21-26H2,1-4H3,(H2,50,62)(H,54,64)(H,55,66)(H,56,67)(H,57,63)(H,58,65)(H4,51,52,53)/t30-,31+,35-,36+,37+,38+,41+/m1/s1. The number of thioether (sulfide) groups is 1. The molecule has 0 spiro atoms. The Bertz CT molecular complexity index is 2170. The van der Waals surface area contributed by atoms with Crippen molar-refractivity contribution in [3.05, 3.63) is 57.2 Å².